The summed E-state index contributed by atoms with van der Waals surface area (Å²) in [4.78, 5) is 4.10. The van der Waals surface area contributed by atoms with E-state index in [4.69, 9.17) is 0 Å². The SMILES string of the molecule is CCCCCCCCc1ccc(-c2ccc(-c3cccs3)s2)cc1. The van der Waals surface area contributed by atoms with Gasteiger partial charge in [-0.15, -0.1) is 22.7 Å². The van der Waals surface area contributed by atoms with Crippen LogP contribution in [0.4, 0.5) is 0 Å². The normalized spacial score (nSPS) is 11.0. The number of hydrogen-bond acceptors (Lipinski definition) is 2. The molecule has 0 N–H and O–H groups in total. The van der Waals surface area contributed by atoms with Crippen molar-refractivity contribution in [2.24, 2.45) is 0 Å². The third kappa shape index (κ3) is 4.81. The molecule has 0 atom stereocenters. The molecule has 0 saturated carbocycles. The predicted molar refractivity (Wildman–Crippen MR) is 110 cm³/mol. The number of hydrogen-bond donors (Lipinski definition) is 0. The van der Waals surface area contributed by atoms with E-state index in [1.807, 2.05) is 22.7 Å². The summed E-state index contributed by atoms with van der Waals surface area (Å²) in [5, 5.41) is 2.14. The summed E-state index contributed by atoms with van der Waals surface area (Å²) in [6.45, 7) is 2.28. The van der Waals surface area contributed by atoms with E-state index in [0.717, 1.165) is 0 Å². The number of thiophene rings is 2. The Morgan fingerprint density at radius 2 is 1.46 bits per heavy atom. The fourth-order valence-electron chi connectivity index (χ4n) is 2.99. The summed E-state index contributed by atoms with van der Waals surface area (Å²) in [5.41, 5.74) is 2.82. The van der Waals surface area contributed by atoms with Crippen LogP contribution < -0.4 is 0 Å². The second-order valence-electron chi connectivity index (χ2n) is 6.36. The number of unbranched alkanes of at least 4 members (excludes halogenated alkanes) is 5. The van der Waals surface area contributed by atoms with Gasteiger partial charge < -0.3 is 0 Å². The third-order valence-corrected chi connectivity index (χ3v) is 6.63. The van der Waals surface area contributed by atoms with Crippen LogP contribution in [0.5, 0.6) is 0 Å². The quantitative estimate of drug-likeness (QED) is 0.341. The maximum atomic E-state index is 2.31. The number of benzene rings is 1. The van der Waals surface area contributed by atoms with E-state index in [0.29, 0.717) is 0 Å². The van der Waals surface area contributed by atoms with Gasteiger partial charge in [0.1, 0.15) is 0 Å². The van der Waals surface area contributed by atoms with Crippen molar-refractivity contribution >= 4 is 22.7 Å². The minimum atomic E-state index is 1.22. The fraction of sp³-hybridized carbons (Fsp3) is 0.364. The fourth-order valence-corrected chi connectivity index (χ4v) is 4.84. The Morgan fingerprint density at radius 1 is 0.708 bits per heavy atom. The van der Waals surface area contributed by atoms with E-state index >= 15 is 0 Å². The molecule has 0 nitrogen and oxygen atoms in total. The molecular weight excluding hydrogens is 328 g/mol. The van der Waals surface area contributed by atoms with Crippen molar-refractivity contribution in [1.82, 2.24) is 0 Å². The maximum Gasteiger partial charge on any atom is 0.0449 e. The van der Waals surface area contributed by atoms with Gasteiger partial charge >= 0.3 is 0 Å². The molecule has 0 aliphatic heterocycles. The van der Waals surface area contributed by atoms with Crippen molar-refractivity contribution in [3.05, 3.63) is 59.5 Å². The third-order valence-electron chi connectivity index (χ3n) is 4.43. The van der Waals surface area contributed by atoms with Crippen molar-refractivity contribution in [1.29, 1.82) is 0 Å². The molecule has 0 saturated heterocycles. The Morgan fingerprint density at radius 3 is 2.21 bits per heavy atom. The van der Waals surface area contributed by atoms with Crippen molar-refractivity contribution in [3.8, 4) is 20.2 Å². The van der Waals surface area contributed by atoms with Gasteiger partial charge in [-0.2, -0.15) is 0 Å². The first kappa shape index (κ1) is 17.4. The van der Waals surface area contributed by atoms with Crippen LogP contribution in [0.15, 0.2) is 53.9 Å². The van der Waals surface area contributed by atoms with Crippen LogP contribution in [0.1, 0.15) is 51.0 Å². The average Bonchev–Trinajstić information content (AvgIpc) is 3.29. The molecule has 24 heavy (non-hydrogen) atoms. The van der Waals surface area contributed by atoms with Crippen molar-refractivity contribution < 1.29 is 0 Å². The molecule has 0 unspecified atom stereocenters. The predicted octanol–water partition coefficient (Wildman–Crippen LogP) is 8.05. The van der Waals surface area contributed by atoms with Crippen molar-refractivity contribution in [3.63, 3.8) is 0 Å². The maximum absolute atomic E-state index is 2.31. The zero-order valence-electron chi connectivity index (χ0n) is 14.5. The average molecular weight is 355 g/mol. The van der Waals surface area contributed by atoms with Gasteiger partial charge in [-0.25, -0.2) is 0 Å². The van der Waals surface area contributed by atoms with Gasteiger partial charge in [-0.1, -0.05) is 69.4 Å². The van der Waals surface area contributed by atoms with Gasteiger partial charge in [-0.05, 0) is 47.5 Å². The highest BCUT2D eigenvalue weighted by molar-refractivity contribution is 7.23. The van der Waals surface area contributed by atoms with Gasteiger partial charge in [0.25, 0.3) is 0 Å². The minimum Gasteiger partial charge on any atom is -0.143 e. The molecule has 1 aromatic carbocycles. The first-order valence-corrected chi connectivity index (χ1v) is 10.8. The van der Waals surface area contributed by atoms with Gasteiger partial charge in [-0.3, -0.25) is 0 Å². The van der Waals surface area contributed by atoms with Gasteiger partial charge in [0.15, 0.2) is 0 Å². The molecule has 2 aromatic heterocycles. The number of aryl methyl sites for hydroxylation is 1. The van der Waals surface area contributed by atoms with Gasteiger partial charge in [0.2, 0.25) is 0 Å². The molecule has 0 bridgehead atoms. The van der Waals surface area contributed by atoms with E-state index in [9.17, 15) is 0 Å². The largest absolute Gasteiger partial charge is 0.143 e. The van der Waals surface area contributed by atoms with E-state index in [1.165, 1.54) is 70.7 Å². The zero-order valence-corrected chi connectivity index (χ0v) is 16.1. The Balaban J connectivity index is 1.53. The Bertz CT molecular complexity index is 705. The highest BCUT2D eigenvalue weighted by Crippen LogP contribution is 2.36. The monoisotopic (exact) mass is 354 g/mol. The lowest BCUT2D eigenvalue weighted by Gasteiger charge is -2.04. The Labute approximate surface area is 154 Å². The van der Waals surface area contributed by atoms with Crippen LogP contribution >= 0.6 is 22.7 Å². The lowest BCUT2D eigenvalue weighted by atomic mass is 10.0. The number of rotatable bonds is 9. The molecule has 3 aromatic rings. The summed E-state index contributed by atoms with van der Waals surface area (Å²) < 4.78 is 0. The summed E-state index contributed by atoms with van der Waals surface area (Å²) in [7, 11) is 0. The molecule has 0 aliphatic rings. The second-order valence-corrected chi connectivity index (χ2v) is 8.39. The Kier molecular flexibility index (Phi) is 6.68. The first-order chi connectivity index (χ1) is 11.9. The van der Waals surface area contributed by atoms with Crippen molar-refractivity contribution in [2.75, 3.05) is 0 Å². The van der Waals surface area contributed by atoms with Crippen LogP contribution in [0.3, 0.4) is 0 Å². The molecule has 126 valence electrons. The summed E-state index contributed by atoms with van der Waals surface area (Å²) in [6, 6.07) is 18.0. The van der Waals surface area contributed by atoms with Gasteiger partial charge in [0, 0.05) is 14.6 Å². The lowest BCUT2D eigenvalue weighted by Crippen LogP contribution is -1.86. The van der Waals surface area contributed by atoms with E-state index < -0.39 is 0 Å². The van der Waals surface area contributed by atoms with E-state index in [2.05, 4.69) is 60.8 Å². The van der Waals surface area contributed by atoms with Crippen LogP contribution in [0.25, 0.3) is 20.2 Å². The summed E-state index contributed by atoms with van der Waals surface area (Å²) in [5.74, 6) is 0. The lowest BCUT2D eigenvalue weighted by molar-refractivity contribution is 0.607. The van der Waals surface area contributed by atoms with Gasteiger partial charge in [0.05, 0.1) is 0 Å². The second kappa shape index (κ2) is 9.19. The molecule has 0 aliphatic carbocycles. The molecule has 3 rings (SSSR count). The summed E-state index contributed by atoms with van der Waals surface area (Å²) in [6.07, 6.45) is 9.44. The molecule has 2 heterocycles. The summed E-state index contributed by atoms with van der Waals surface area (Å²) >= 11 is 3.70. The Hall–Kier alpha value is -1.38. The zero-order chi connectivity index (χ0) is 16.6. The molecule has 0 fully saturated rings. The standard InChI is InChI=1S/C22H26S2/c1-2-3-4-5-6-7-9-18-11-13-19(14-12-18)20-15-16-22(24-20)21-10-8-17-23-21/h8,10-17H,2-7,9H2,1H3. The molecule has 0 radical (unpaired) electrons. The molecule has 0 spiro atoms. The van der Waals surface area contributed by atoms with Crippen molar-refractivity contribution in [2.45, 2.75) is 51.9 Å². The van der Waals surface area contributed by atoms with Crippen LogP contribution in [0, 0.1) is 0 Å². The first-order valence-electron chi connectivity index (χ1n) is 9.10. The topological polar surface area (TPSA) is 0 Å². The highest BCUT2D eigenvalue weighted by atomic mass is 32.1. The minimum absolute atomic E-state index is 1.22. The van der Waals surface area contributed by atoms with Crippen LogP contribution in [0.2, 0.25) is 0 Å². The molecule has 2 heteroatoms. The molecular formula is C22H26S2. The molecule has 0 amide bonds. The van der Waals surface area contributed by atoms with E-state index in [-0.39, 0.29) is 0 Å². The smallest absolute Gasteiger partial charge is 0.0449 e. The van der Waals surface area contributed by atoms with E-state index in [1.54, 1.807) is 0 Å². The highest BCUT2D eigenvalue weighted by Gasteiger charge is 2.05. The van der Waals surface area contributed by atoms with Crippen LogP contribution in [-0.2, 0) is 6.42 Å². The van der Waals surface area contributed by atoms with Crippen LogP contribution in [-0.4, -0.2) is 0 Å².